The summed E-state index contributed by atoms with van der Waals surface area (Å²) in [4.78, 5) is 21.1. The van der Waals surface area contributed by atoms with E-state index >= 15 is 0 Å². The van der Waals surface area contributed by atoms with E-state index in [1.165, 1.54) is 0 Å². The third kappa shape index (κ3) is 1.74. The van der Waals surface area contributed by atoms with Gasteiger partial charge < -0.3 is 9.67 Å². The van der Waals surface area contributed by atoms with E-state index in [2.05, 4.69) is 0 Å². The third-order valence-electron chi connectivity index (χ3n) is 2.24. The highest BCUT2D eigenvalue weighted by Gasteiger charge is 2.04. The molecule has 0 aliphatic carbocycles. The molecule has 2 aromatic rings. The van der Waals surface area contributed by atoms with Crippen molar-refractivity contribution in [2.24, 2.45) is 0 Å². The molecule has 4 nitrogen and oxygen atoms in total. The summed E-state index contributed by atoms with van der Waals surface area (Å²) in [5.74, 6) is -0.882. The molecular weight excluding hydrogens is 194 g/mol. The fourth-order valence-corrected chi connectivity index (χ4v) is 1.58. The van der Waals surface area contributed by atoms with Crippen LogP contribution in [0.5, 0.6) is 0 Å². The Balaban J connectivity index is 2.51. The fourth-order valence-electron chi connectivity index (χ4n) is 1.58. The highest BCUT2D eigenvalue weighted by molar-refractivity contribution is 5.88. The lowest BCUT2D eigenvalue weighted by Gasteiger charge is -2.00. The predicted octanol–water partition coefficient (Wildman–Crippen LogP) is 1.54. The summed E-state index contributed by atoms with van der Waals surface area (Å²) in [6.45, 7) is -0.0655. The Bertz CT molecular complexity index is 528. The standard InChI is InChI=1S/C11H9NO3/c13-7-8-1-2-10-9(5-8)3-4-12(10)6-11(14)15/h1-5,7H,6H2,(H,14,15). The van der Waals surface area contributed by atoms with Gasteiger partial charge in [-0.2, -0.15) is 0 Å². The van der Waals surface area contributed by atoms with Crippen molar-refractivity contribution >= 4 is 23.2 Å². The van der Waals surface area contributed by atoms with E-state index in [0.717, 1.165) is 17.2 Å². The molecule has 1 aromatic heterocycles. The van der Waals surface area contributed by atoms with Crippen molar-refractivity contribution < 1.29 is 14.7 Å². The minimum absolute atomic E-state index is 0.0655. The average Bonchev–Trinajstić information content (AvgIpc) is 2.60. The van der Waals surface area contributed by atoms with Crippen LogP contribution in [0.15, 0.2) is 30.5 Å². The minimum atomic E-state index is -0.882. The summed E-state index contributed by atoms with van der Waals surface area (Å²) in [6.07, 6.45) is 2.47. The van der Waals surface area contributed by atoms with Crippen LogP contribution in [0, 0.1) is 0 Å². The molecular formula is C11H9NO3. The van der Waals surface area contributed by atoms with Crippen LogP contribution in [0.25, 0.3) is 10.9 Å². The first-order chi connectivity index (χ1) is 7.20. The molecule has 4 heteroatoms. The zero-order valence-corrected chi connectivity index (χ0v) is 7.88. The Morgan fingerprint density at radius 1 is 1.40 bits per heavy atom. The van der Waals surface area contributed by atoms with Gasteiger partial charge in [-0.05, 0) is 24.3 Å². The maximum Gasteiger partial charge on any atom is 0.323 e. The highest BCUT2D eigenvalue weighted by Crippen LogP contribution is 2.16. The number of aliphatic carboxylic acids is 1. The van der Waals surface area contributed by atoms with Crippen molar-refractivity contribution in [2.75, 3.05) is 0 Å². The van der Waals surface area contributed by atoms with Gasteiger partial charge in [-0.1, -0.05) is 0 Å². The Morgan fingerprint density at radius 3 is 2.87 bits per heavy atom. The van der Waals surface area contributed by atoms with E-state index < -0.39 is 5.97 Å². The number of carbonyl (C=O) groups is 2. The lowest BCUT2D eigenvalue weighted by Crippen LogP contribution is -2.07. The number of benzene rings is 1. The average molecular weight is 203 g/mol. The molecule has 0 aliphatic heterocycles. The zero-order chi connectivity index (χ0) is 10.8. The number of nitrogens with zero attached hydrogens (tertiary/aromatic N) is 1. The Labute approximate surface area is 85.7 Å². The van der Waals surface area contributed by atoms with Gasteiger partial charge in [0, 0.05) is 22.7 Å². The molecule has 0 aliphatic rings. The van der Waals surface area contributed by atoms with Gasteiger partial charge in [0.05, 0.1) is 0 Å². The number of hydrogen-bond acceptors (Lipinski definition) is 2. The van der Waals surface area contributed by atoms with Crippen LogP contribution in [0.1, 0.15) is 10.4 Å². The molecule has 0 bridgehead atoms. The SMILES string of the molecule is O=Cc1ccc2c(ccn2CC(=O)O)c1. The van der Waals surface area contributed by atoms with Crippen molar-refractivity contribution in [3.63, 3.8) is 0 Å². The minimum Gasteiger partial charge on any atom is -0.480 e. The second-order valence-corrected chi connectivity index (χ2v) is 3.27. The summed E-state index contributed by atoms with van der Waals surface area (Å²) >= 11 is 0. The van der Waals surface area contributed by atoms with Gasteiger partial charge in [0.25, 0.3) is 0 Å². The topological polar surface area (TPSA) is 59.3 Å². The fraction of sp³-hybridized carbons (Fsp3) is 0.0909. The molecule has 1 aromatic carbocycles. The second kappa shape index (κ2) is 3.57. The van der Waals surface area contributed by atoms with Crippen LogP contribution in [-0.4, -0.2) is 21.9 Å². The van der Waals surface area contributed by atoms with Crippen molar-refractivity contribution in [1.82, 2.24) is 4.57 Å². The van der Waals surface area contributed by atoms with E-state index in [1.54, 1.807) is 35.0 Å². The monoisotopic (exact) mass is 203 g/mol. The van der Waals surface area contributed by atoms with Crippen LogP contribution in [0.2, 0.25) is 0 Å². The van der Waals surface area contributed by atoms with Crippen LogP contribution in [0.4, 0.5) is 0 Å². The van der Waals surface area contributed by atoms with Crippen LogP contribution in [-0.2, 0) is 11.3 Å². The molecule has 0 atom stereocenters. The van der Waals surface area contributed by atoms with E-state index in [1.807, 2.05) is 0 Å². The molecule has 1 heterocycles. The predicted molar refractivity (Wildman–Crippen MR) is 55.0 cm³/mol. The number of rotatable bonds is 3. The lowest BCUT2D eigenvalue weighted by molar-refractivity contribution is -0.137. The Kier molecular flexibility index (Phi) is 2.25. The Morgan fingerprint density at radius 2 is 2.20 bits per heavy atom. The first-order valence-electron chi connectivity index (χ1n) is 4.46. The summed E-state index contributed by atoms with van der Waals surface area (Å²) in [5, 5.41) is 9.54. The summed E-state index contributed by atoms with van der Waals surface area (Å²) in [7, 11) is 0. The van der Waals surface area contributed by atoms with Crippen LogP contribution < -0.4 is 0 Å². The first kappa shape index (κ1) is 9.45. The number of carboxylic acid groups (broad SMARTS) is 1. The maximum atomic E-state index is 10.6. The zero-order valence-electron chi connectivity index (χ0n) is 7.88. The quantitative estimate of drug-likeness (QED) is 0.769. The molecule has 76 valence electrons. The van der Waals surface area contributed by atoms with Crippen molar-refractivity contribution in [1.29, 1.82) is 0 Å². The number of hydrogen-bond donors (Lipinski definition) is 1. The van der Waals surface area contributed by atoms with Crippen LogP contribution >= 0.6 is 0 Å². The van der Waals surface area contributed by atoms with Crippen molar-refractivity contribution in [2.45, 2.75) is 6.54 Å². The molecule has 0 spiro atoms. The van der Waals surface area contributed by atoms with Gasteiger partial charge in [-0.15, -0.1) is 0 Å². The van der Waals surface area contributed by atoms with Gasteiger partial charge in [0.1, 0.15) is 12.8 Å². The molecule has 0 radical (unpaired) electrons. The largest absolute Gasteiger partial charge is 0.480 e. The summed E-state index contributed by atoms with van der Waals surface area (Å²) < 4.78 is 1.63. The molecule has 0 unspecified atom stereocenters. The normalized spacial score (nSPS) is 10.4. The molecule has 0 saturated heterocycles. The molecule has 0 fully saturated rings. The van der Waals surface area contributed by atoms with Crippen LogP contribution in [0.3, 0.4) is 0 Å². The lowest BCUT2D eigenvalue weighted by atomic mass is 10.2. The number of aldehydes is 1. The summed E-state index contributed by atoms with van der Waals surface area (Å²) in [5.41, 5.74) is 1.42. The van der Waals surface area contributed by atoms with Gasteiger partial charge >= 0.3 is 5.97 Å². The van der Waals surface area contributed by atoms with Gasteiger partial charge in [-0.3, -0.25) is 9.59 Å². The third-order valence-corrected chi connectivity index (χ3v) is 2.24. The number of fused-ring (bicyclic) bond motifs is 1. The molecule has 0 amide bonds. The number of aromatic nitrogens is 1. The van der Waals surface area contributed by atoms with Crippen molar-refractivity contribution in [3.05, 3.63) is 36.0 Å². The van der Waals surface area contributed by atoms with E-state index in [4.69, 9.17) is 5.11 Å². The summed E-state index contributed by atoms with van der Waals surface area (Å²) in [6, 6.07) is 6.96. The Hall–Kier alpha value is -2.10. The van der Waals surface area contributed by atoms with E-state index in [-0.39, 0.29) is 6.54 Å². The second-order valence-electron chi connectivity index (χ2n) is 3.27. The smallest absolute Gasteiger partial charge is 0.323 e. The van der Waals surface area contributed by atoms with Gasteiger partial charge in [0.2, 0.25) is 0 Å². The number of carbonyl (C=O) groups excluding carboxylic acids is 1. The van der Waals surface area contributed by atoms with Gasteiger partial charge in [0.15, 0.2) is 0 Å². The highest BCUT2D eigenvalue weighted by atomic mass is 16.4. The van der Waals surface area contributed by atoms with Gasteiger partial charge in [-0.25, -0.2) is 0 Å². The molecule has 2 rings (SSSR count). The maximum absolute atomic E-state index is 10.6. The van der Waals surface area contributed by atoms with E-state index in [9.17, 15) is 9.59 Å². The van der Waals surface area contributed by atoms with Crippen molar-refractivity contribution in [3.8, 4) is 0 Å². The molecule has 15 heavy (non-hydrogen) atoms. The molecule has 1 N–H and O–H groups in total. The number of carboxylic acids is 1. The first-order valence-corrected chi connectivity index (χ1v) is 4.46. The molecule has 0 saturated carbocycles. The van der Waals surface area contributed by atoms with E-state index in [0.29, 0.717) is 5.56 Å².